The van der Waals surface area contributed by atoms with Gasteiger partial charge in [0, 0.05) is 6.42 Å². The molecule has 0 rings (SSSR count). The standard InChI is InChI=1S/C59H99N2O6P/c1-6-8-10-12-14-16-18-20-22-24-26-27-28-29-30-31-32-33-35-37-39-41-43-45-47-49-51-53-59(63)60-57(56-67-68(64,65)66-55-54-61(3,4)5)58(62)52-50-48-46-44-42-40-38-36-34-25-23-21-19-17-15-13-11-9-7-2/h8,10,14,16,20,22,26-27,29-30,32-34,36-37,39,42-45,50,52,57-58,62H,6-7,9,11-13,15,17-19,21,23-25,28,31,35,38,40-41,46-49,51,53-56H2,1-5H3,(H-,60,63,64,65)/b10-8-,16-14-,22-20-,27-26-,30-29-,33-32-,36-34+,39-37-,44-42+,45-43-,52-50+. The van der Waals surface area contributed by atoms with Gasteiger partial charge in [-0.15, -0.1) is 0 Å². The van der Waals surface area contributed by atoms with Gasteiger partial charge in [0.25, 0.3) is 7.82 Å². The quantitative estimate of drug-likeness (QED) is 0.0272. The molecular formula is C59H99N2O6P. The average Bonchev–Trinajstić information content (AvgIpc) is 3.30. The van der Waals surface area contributed by atoms with Crippen LogP contribution in [0.2, 0.25) is 0 Å². The van der Waals surface area contributed by atoms with Crippen molar-refractivity contribution in [1.82, 2.24) is 5.32 Å². The fraction of sp³-hybridized carbons (Fsp3) is 0.610. The molecule has 0 heterocycles. The molecule has 0 aliphatic heterocycles. The van der Waals surface area contributed by atoms with Crippen molar-refractivity contribution in [2.24, 2.45) is 0 Å². The Morgan fingerprint density at radius 1 is 0.529 bits per heavy atom. The van der Waals surface area contributed by atoms with Gasteiger partial charge in [-0.05, 0) is 109 Å². The van der Waals surface area contributed by atoms with Crippen molar-refractivity contribution in [3.8, 4) is 0 Å². The first-order chi connectivity index (χ1) is 33.0. The zero-order valence-electron chi connectivity index (χ0n) is 43.7. The first-order valence-electron chi connectivity index (χ1n) is 26.5. The molecule has 8 nitrogen and oxygen atoms in total. The fourth-order valence-electron chi connectivity index (χ4n) is 6.67. The van der Waals surface area contributed by atoms with Crippen LogP contribution in [0.3, 0.4) is 0 Å². The molecule has 0 fully saturated rings. The SMILES string of the molecule is CC/C=C\C/C=C\C/C=C\C/C=C\C/C=C\C/C=C\C/C=C\C/C=C\CCCCC(=O)NC(COP(=O)([O-])OCC[N+](C)(C)C)C(O)/C=C/CC/C=C/CC/C=C/CCCCCCCCCCC. The molecule has 0 saturated carbocycles. The summed E-state index contributed by atoms with van der Waals surface area (Å²) in [6.45, 7) is 4.44. The van der Waals surface area contributed by atoms with Crippen LogP contribution in [0.1, 0.15) is 181 Å². The maximum absolute atomic E-state index is 12.9. The number of amides is 1. The smallest absolute Gasteiger partial charge is 0.268 e. The third kappa shape index (κ3) is 50.5. The normalized spacial score (nSPS) is 15.1. The highest BCUT2D eigenvalue weighted by molar-refractivity contribution is 7.45. The Kier molecular flexibility index (Phi) is 46.3. The molecule has 0 aliphatic carbocycles. The summed E-state index contributed by atoms with van der Waals surface area (Å²) in [5.41, 5.74) is 0. The molecule has 1 amide bonds. The molecule has 0 aromatic heterocycles. The van der Waals surface area contributed by atoms with Crippen LogP contribution in [0, 0.1) is 0 Å². The highest BCUT2D eigenvalue weighted by Crippen LogP contribution is 2.38. The Labute approximate surface area is 417 Å². The van der Waals surface area contributed by atoms with Crippen molar-refractivity contribution in [2.75, 3.05) is 40.9 Å². The summed E-state index contributed by atoms with van der Waals surface area (Å²) in [7, 11) is 1.18. The van der Waals surface area contributed by atoms with Gasteiger partial charge >= 0.3 is 0 Å². The van der Waals surface area contributed by atoms with Gasteiger partial charge in [-0.3, -0.25) is 9.36 Å². The molecule has 0 radical (unpaired) electrons. The van der Waals surface area contributed by atoms with E-state index in [1.165, 1.54) is 64.2 Å². The van der Waals surface area contributed by atoms with Crippen LogP contribution < -0.4 is 10.2 Å². The summed E-state index contributed by atoms with van der Waals surface area (Å²) in [5, 5.41) is 13.8. The lowest BCUT2D eigenvalue weighted by Gasteiger charge is -2.29. The lowest BCUT2D eigenvalue weighted by atomic mass is 10.1. The second-order valence-electron chi connectivity index (χ2n) is 18.5. The molecule has 3 unspecified atom stereocenters. The number of carbonyl (C=O) groups excluding carboxylic acids is 1. The highest BCUT2D eigenvalue weighted by atomic mass is 31.2. The zero-order valence-corrected chi connectivity index (χ0v) is 44.6. The first kappa shape index (κ1) is 64.6. The molecule has 0 aliphatic rings. The van der Waals surface area contributed by atoms with Crippen LogP contribution in [-0.4, -0.2) is 68.5 Å². The maximum atomic E-state index is 12.9. The van der Waals surface area contributed by atoms with E-state index in [0.717, 1.165) is 83.5 Å². The van der Waals surface area contributed by atoms with E-state index in [-0.39, 0.29) is 18.9 Å². The summed E-state index contributed by atoms with van der Waals surface area (Å²) in [4.78, 5) is 25.4. The van der Waals surface area contributed by atoms with Gasteiger partial charge in [-0.1, -0.05) is 199 Å². The number of phosphoric acid groups is 1. The molecule has 0 bridgehead atoms. The van der Waals surface area contributed by atoms with Gasteiger partial charge in [0.2, 0.25) is 5.91 Å². The number of aliphatic hydroxyl groups excluding tert-OH is 1. The van der Waals surface area contributed by atoms with Gasteiger partial charge in [-0.25, -0.2) is 0 Å². The average molecular weight is 963 g/mol. The van der Waals surface area contributed by atoms with Gasteiger partial charge < -0.3 is 28.8 Å². The van der Waals surface area contributed by atoms with E-state index >= 15 is 0 Å². The first-order valence-corrected chi connectivity index (χ1v) is 28.0. The lowest BCUT2D eigenvalue weighted by molar-refractivity contribution is -0.870. The largest absolute Gasteiger partial charge is 0.756 e. The second-order valence-corrected chi connectivity index (χ2v) is 19.9. The van der Waals surface area contributed by atoms with Crippen molar-refractivity contribution < 1.29 is 32.9 Å². The number of phosphoric ester groups is 1. The molecule has 386 valence electrons. The second kappa shape index (κ2) is 48.7. The Morgan fingerprint density at radius 3 is 1.37 bits per heavy atom. The van der Waals surface area contributed by atoms with E-state index in [1.54, 1.807) is 6.08 Å². The fourth-order valence-corrected chi connectivity index (χ4v) is 7.39. The number of hydrogen-bond donors (Lipinski definition) is 2. The molecule has 9 heteroatoms. The zero-order chi connectivity index (χ0) is 49.9. The van der Waals surface area contributed by atoms with E-state index in [9.17, 15) is 19.4 Å². The molecular weight excluding hydrogens is 864 g/mol. The van der Waals surface area contributed by atoms with Crippen LogP contribution in [0.25, 0.3) is 0 Å². The van der Waals surface area contributed by atoms with Crippen molar-refractivity contribution in [3.05, 3.63) is 134 Å². The number of quaternary nitrogens is 1. The molecule has 0 saturated heterocycles. The summed E-state index contributed by atoms with van der Waals surface area (Å²) in [6, 6.07) is -0.944. The molecule has 2 N–H and O–H groups in total. The predicted molar refractivity (Wildman–Crippen MR) is 292 cm³/mol. The number of hydrogen-bond acceptors (Lipinski definition) is 6. The Hall–Kier alpha value is -3.36. The molecule has 0 aromatic carbocycles. The van der Waals surface area contributed by atoms with E-state index in [0.29, 0.717) is 23.9 Å². The third-order valence-corrected chi connectivity index (χ3v) is 11.8. The number of likely N-dealkylation sites (N-methyl/N-ethyl adjacent to an activating group) is 1. The van der Waals surface area contributed by atoms with E-state index in [2.05, 4.69) is 141 Å². The van der Waals surface area contributed by atoms with Gasteiger partial charge in [0.1, 0.15) is 13.2 Å². The van der Waals surface area contributed by atoms with Gasteiger partial charge in [-0.2, -0.15) is 0 Å². The monoisotopic (exact) mass is 963 g/mol. The van der Waals surface area contributed by atoms with Crippen molar-refractivity contribution in [2.45, 2.75) is 193 Å². The topological polar surface area (TPSA) is 108 Å². The Bertz CT molecular complexity index is 1560. The number of aliphatic hydroxyl groups is 1. The minimum Gasteiger partial charge on any atom is -0.756 e. The minimum atomic E-state index is -4.63. The van der Waals surface area contributed by atoms with Crippen molar-refractivity contribution in [1.29, 1.82) is 0 Å². The summed E-state index contributed by atoms with van der Waals surface area (Å²) < 4.78 is 23.2. The van der Waals surface area contributed by atoms with E-state index < -0.39 is 26.6 Å². The minimum absolute atomic E-state index is 0.0258. The van der Waals surface area contributed by atoms with Crippen molar-refractivity contribution >= 4 is 13.7 Å². The number of rotatable bonds is 46. The summed E-state index contributed by atoms with van der Waals surface area (Å²) in [5.74, 6) is -0.260. The number of carbonyl (C=O) groups is 1. The number of allylic oxidation sites excluding steroid dienone is 21. The molecule has 0 spiro atoms. The predicted octanol–water partition coefficient (Wildman–Crippen LogP) is 15.3. The summed E-state index contributed by atoms with van der Waals surface area (Å²) in [6.07, 6.45) is 73.8. The van der Waals surface area contributed by atoms with Crippen LogP contribution in [0.15, 0.2) is 134 Å². The van der Waals surface area contributed by atoms with Gasteiger partial charge in [0.05, 0.1) is 39.9 Å². The highest BCUT2D eigenvalue weighted by Gasteiger charge is 2.23. The third-order valence-electron chi connectivity index (χ3n) is 10.8. The Morgan fingerprint density at radius 2 is 0.912 bits per heavy atom. The number of nitrogens with zero attached hydrogens (tertiary/aromatic N) is 1. The van der Waals surface area contributed by atoms with Crippen LogP contribution in [0.4, 0.5) is 0 Å². The van der Waals surface area contributed by atoms with Crippen LogP contribution in [-0.2, 0) is 18.4 Å². The van der Waals surface area contributed by atoms with Crippen molar-refractivity contribution in [3.63, 3.8) is 0 Å². The van der Waals surface area contributed by atoms with E-state index in [4.69, 9.17) is 9.05 Å². The Balaban J connectivity index is 4.49. The lowest BCUT2D eigenvalue weighted by Crippen LogP contribution is -2.45. The van der Waals surface area contributed by atoms with Crippen LogP contribution >= 0.6 is 7.82 Å². The van der Waals surface area contributed by atoms with E-state index in [1.807, 2.05) is 27.2 Å². The molecule has 3 atom stereocenters. The molecule has 68 heavy (non-hydrogen) atoms. The van der Waals surface area contributed by atoms with Gasteiger partial charge in [0.15, 0.2) is 0 Å². The number of nitrogens with one attached hydrogen (secondary N) is 1. The van der Waals surface area contributed by atoms with Crippen LogP contribution in [0.5, 0.6) is 0 Å². The maximum Gasteiger partial charge on any atom is 0.268 e. The molecule has 0 aromatic rings. The number of unbranched alkanes of at least 4 members (excludes halogenated alkanes) is 13. The summed E-state index contributed by atoms with van der Waals surface area (Å²) >= 11 is 0.